The van der Waals surface area contributed by atoms with Gasteiger partial charge in [0.2, 0.25) is 10.0 Å². The van der Waals surface area contributed by atoms with Crippen LogP contribution >= 0.6 is 0 Å². The molecule has 0 radical (unpaired) electrons. The van der Waals surface area contributed by atoms with Crippen LogP contribution < -0.4 is 4.74 Å². The normalized spacial score (nSPS) is 30.3. The highest BCUT2D eigenvalue weighted by atomic mass is 32.2. The third-order valence-corrected chi connectivity index (χ3v) is 11.1. The molecule has 6 rings (SSSR count). The van der Waals surface area contributed by atoms with E-state index in [2.05, 4.69) is 25.3 Å². The average molecular weight is 523 g/mol. The summed E-state index contributed by atoms with van der Waals surface area (Å²) >= 11 is 0. The Labute approximate surface area is 221 Å². The van der Waals surface area contributed by atoms with Crippen LogP contribution in [0.3, 0.4) is 0 Å². The second-order valence-electron chi connectivity index (χ2n) is 11.8. The fourth-order valence-electron chi connectivity index (χ4n) is 7.98. The maximum Gasteiger partial charge on any atom is 0.218 e. The van der Waals surface area contributed by atoms with Crippen molar-refractivity contribution in [2.45, 2.75) is 68.9 Å². The maximum absolute atomic E-state index is 14.0. The molecule has 2 heterocycles. The molecule has 2 aromatic rings. The predicted molar refractivity (Wildman–Crippen MR) is 145 cm³/mol. The minimum atomic E-state index is -3.58. The van der Waals surface area contributed by atoms with Crippen LogP contribution in [0, 0.1) is 11.8 Å². The van der Waals surface area contributed by atoms with Crippen molar-refractivity contribution in [1.82, 2.24) is 9.21 Å². The van der Waals surface area contributed by atoms with Gasteiger partial charge in [0.1, 0.15) is 17.6 Å². The zero-order valence-electron chi connectivity index (χ0n) is 21.8. The molecule has 0 amide bonds. The largest absolute Gasteiger partial charge is 0.508 e. The first kappa shape index (κ1) is 25.0. The number of rotatable bonds is 8. The number of nitrogens with zero attached hydrogens (tertiary/aromatic N) is 2. The van der Waals surface area contributed by atoms with E-state index in [1.165, 1.54) is 0 Å². The van der Waals surface area contributed by atoms with E-state index >= 15 is 0 Å². The van der Waals surface area contributed by atoms with Gasteiger partial charge < -0.3 is 9.84 Å². The van der Waals surface area contributed by atoms with Gasteiger partial charge in [-0.3, -0.25) is 4.90 Å². The summed E-state index contributed by atoms with van der Waals surface area (Å²) in [7, 11) is -3.58. The van der Waals surface area contributed by atoms with Gasteiger partial charge in [-0.1, -0.05) is 50.3 Å². The van der Waals surface area contributed by atoms with Crippen LogP contribution in [0.1, 0.15) is 49.8 Å². The molecule has 5 atom stereocenters. The Kier molecular flexibility index (Phi) is 6.16. The highest BCUT2D eigenvalue weighted by molar-refractivity contribution is 7.88. The van der Waals surface area contributed by atoms with Crippen molar-refractivity contribution in [3.05, 3.63) is 71.8 Å². The Bertz CT molecular complexity index is 1290. The molecule has 0 unspecified atom stereocenters. The average Bonchev–Trinajstić information content (AvgIpc) is 3.19. The lowest BCUT2D eigenvalue weighted by Crippen LogP contribution is -2.69. The number of phenols is 1. The molecule has 6 nitrogen and oxygen atoms in total. The molecule has 2 aliphatic carbocycles. The first-order valence-corrected chi connectivity index (χ1v) is 15.3. The number of piperidine rings is 1. The van der Waals surface area contributed by atoms with Gasteiger partial charge in [0.15, 0.2) is 0 Å². The molecule has 198 valence electrons. The number of benzene rings is 2. The molecule has 1 spiro atoms. The van der Waals surface area contributed by atoms with Gasteiger partial charge in [0.25, 0.3) is 0 Å². The minimum Gasteiger partial charge on any atom is -0.508 e. The smallest absolute Gasteiger partial charge is 0.218 e. The van der Waals surface area contributed by atoms with Gasteiger partial charge in [0.05, 0.1) is 11.8 Å². The first-order chi connectivity index (χ1) is 17.8. The molecule has 4 aliphatic rings. The zero-order chi connectivity index (χ0) is 25.9. The number of aromatic hydroxyl groups is 1. The Morgan fingerprint density at radius 3 is 2.73 bits per heavy atom. The molecule has 1 saturated carbocycles. The lowest BCUT2D eigenvalue weighted by atomic mass is 9.51. The summed E-state index contributed by atoms with van der Waals surface area (Å²) in [5.41, 5.74) is 2.69. The van der Waals surface area contributed by atoms with Crippen molar-refractivity contribution in [2.75, 3.05) is 19.6 Å². The molecule has 2 fully saturated rings. The Morgan fingerprint density at radius 1 is 1.22 bits per heavy atom. The van der Waals surface area contributed by atoms with Crippen LogP contribution in [-0.2, 0) is 27.6 Å². The quantitative estimate of drug-likeness (QED) is 0.518. The van der Waals surface area contributed by atoms with E-state index in [1.807, 2.05) is 42.5 Å². The fourth-order valence-corrected chi connectivity index (χ4v) is 9.91. The van der Waals surface area contributed by atoms with Gasteiger partial charge in [-0.2, -0.15) is 4.31 Å². The summed E-state index contributed by atoms with van der Waals surface area (Å²) in [6.45, 7) is 10.4. The first-order valence-electron chi connectivity index (χ1n) is 13.7. The van der Waals surface area contributed by atoms with Crippen molar-refractivity contribution in [3.8, 4) is 11.5 Å². The van der Waals surface area contributed by atoms with Gasteiger partial charge in [-0.15, -0.1) is 6.58 Å². The lowest BCUT2D eigenvalue weighted by Gasteiger charge is -2.60. The molecular weight excluding hydrogens is 484 g/mol. The van der Waals surface area contributed by atoms with Crippen molar-refractivity contribution < 1.29 is 18.3 Å². The molecule has 1 saturated heterocycles. The van der Waals surface area contributed by atoms with Crippen molar-refractivity contribution in [2.24, 2.45) is 11.8 Å². The van der Waals surface area contributed by atoms with E-state index in [0.717, 1.165) is 61.2 Å². The van der Waals surface area contributed by atoms with Gasteiger partial charge >= 0.3 is 0 Å². The van der Waals surface area contributed by atoms with Crippen LogP contribution in [0.25, 0.3) is 0 Å². The summed E-state index contributed by atoms with van der Waals surface area (Å²) in [6, 6.07) is 13.2. The molecule has 1 N–H and O–H groups in total. The van der Waals surface area contributed by atoms with Gasteiger partial charge in [0, 0.05) is 35.7 Å². The summed E-state index contributed by atoms with van der Waals surface area (Å²) in [5.74, 6) is 1.74. The maximum atomic E-state index is 14.0. The van der Waals surface area contributed by atoms with E-state index in [1.54, 1.807) is 10.4 Å². The summed E-state index contributed by atoms with van der Waals surface area (Å²) in [5, 5.41) is 10.9. The van der Waals surface area contributed by atoms with Crippen LogP contribution in [0.15, 0.2) is 55.1 Å². The molecule has 0 aromatic heterocycles. The van der Waals surface area contributed by atoms with E-state index in [4.69, 9.17) is 4.74 Å². The third kappa shape index (κ3) is 3.84. The Hall–Kier alpha value is -2.35. The van der Waals surface area contributed by atoms with E-state index in [0.29, 0.717) is 24.3 Å². The van der Waals surface area contributed by atoms with Crippen molar-refractivity contribution in [3.63, 3.8) is 0 Å². The monoisotopic (exact) mass is 522 g/mol. The van der Waals surface area contributed by atoms with Crippen LogP contribution in [0.5, 0.6) is 11.5 Å². The highest BCUT2D eigenvalue weighted by Gasteiger charge is 2.66. The Morgan fingerprint density at radius 2 is 2.00 bits per heavy atom. The van der Waals surface area contributed by atoms with E-state index < -0.39 is 10.0 Å². The van der Waals surface area contributed by atoms with Gasteiger partial charge in [-0.25, -0.2) is 8.42 Å². The summed E-state index contributed by atoms with van der Waals surface area (Å²) in [6.07, 6.45) is 5.16. The summed E-state index contributed by atoms with van der Waals surface area (Å²) in [4.78, 5) is 2.51. The third-order valence-electron chi connectivity index (χ3n) is 9.25. The number of phenolic OH excluding ortho intramolecular Hbond substituents is 1. The molecule has 2 aromatic carbocycles. The van der Waals surface area contributed by atoms with E-state index in [-0.39, 0.29) is 29.2 Å². The van der Waals surface area contributed by atoms with Crippen molar-refractivity contribution in [1.29, 1.82) is 0 Å². The predicted octanol–water partition coefficient (Wildman–Crippen LogP) is 4.47. The standard InChI is InChI=1S/C30H38N2O4S/c1-4-15-31-16-14-30-23-10-11-24(29(30)36-27-13-12-26(33)22(28(27)30)17-25(23)31)32(18-20(2)3)37(34,35)19-21-8-6-5-7-9-21/h4-9,12-13,20,23-25,29,33H,1,10-11,14-19H2,2-3H3/t23-,24-,25+,29-,30-/m0/s1. The SMILES string of the molecule is C=CCN1CC[C@@]23c4c5ccc(O)c4C[C@@H]1[C@@H]2CC[C@H](N(CC(C)C)S(=O)(=O)Cc1ccccc1)[C@@H]3O5. The molecule has 2 bridgehead atoms. The molecule has 37 heavy (non-hydrogen) atoms. The van der Waals surface area contributed by atoms with Crippen molar-refractivity contribution >= 4 is 10.0 Å². The van der Waals surface area contributed by atoms with Crippen LogP contribution in [-0.4, -0.2) is 60.6 Å². The second-order valence-corrected chi connectivity index (χ2v) is 13.7. The molecular formula is C30H38N2O4S. The fraction of sp³-hybridized carbons (Fsp3) is 0.533. The zero-order valence-corrected chi connectivity index (χ0v) is 22.7. The minimum absolute atomic E-state index is 0.00503. The number of ether oxygens (including phenoxy) is 1. The highest BCUT2D eigenvalue weighted by Crippen LogP contribution is 2.63. The van der Waals surface area contributed by atoms with E-state index in [9.17, 15) is 13.5 Å². The molecule has 2 aliphatic heterocycles. The van der Waals surface area contributed by atoms with Crippen LogP contribution in [0.4, 0.5) is 0 Å². The number of sulfonamides is 1. The second kappa shape index (κ2) is 9.14. The number of hydrogen-bond acceptors (Lipinski definition) is 5. The topological polar surface area (TPSA) is 70.1 Å². The lowest BCUT2D eigenvalue weighted by molar-refractivity contribution is -0.0746. The van der Waals surface area contributed by atoms with Crippen LogP contribution in [0.2, 0.25) is 0 Å². The summed E-state index contributed by atoms with van der Waals surface area (Å²) < 4.78 is 36.6. The molecule has 7 heteroatoms. The number of hydrogen-bond donors (Lipinski definition) is 1. The number of likely N-dealkylation sites (tertiary alicyclic amines) is 1. The van der Waals surface area contributed by atoms with Gasteiger partial charge in [-0.05, 0) is 61.8 Å². The Balaban J connectivity index is 1.44.